The third-order valence-electron chi connectivity index (χ3n) is 4.83. The van der Waals surface area contributed by atoms with Crippen LogP contribution in [0.15, 0.2) is 24.3 Å². The SMILES string of the molecule is CCCCCCCCCc1ccc(OCCOCCOCCOCCOCCI)cc1. The molecule has 1 aromatic carbocycles. The molecular formula is C25H43IO5. The fraction of sp³-hybridized carbons (Fsp3) is 0.760. The maximum Gasteiger partial charge on any atom is 0.119 e. The number of unbranched alkanes of at least 4 members (excludes halogenated alkanes) is 6. The minimum atomic E-state index is 0.553. The average Bonchev–Trinajstić information content (AvgIpc) is 2.79. The Bertz CT molecular complexity index is 483. The Morgan fingerprint density at radius 3 is 1.61 bits per heavy atom. The topological polar surface area (TPSA) is 46.2 Å². The summed E-state index contributed by atoms with van der Waals surface area (Å²) in [6.07, 6.45) is 10.6. The van der Waals surface area contributed by atoms with Crippen LogP contribution in [0.25, 0.3) is 0 Å². The molecule has 31 heavy (non-hydrogen) atoms. The van der Waals surface area contributed by atoms with E-state index in [2.05, 4.69) is 53.8 Å². The molecule has 0 aliphatic heterocycles. The van der Waals surface area contributed by atoms with Gasteiger partial charge in [-0.2, -0.15) is 0 Å². The molecule has 180 valence electrons. The Hall–Kier alpha value is -0.410. The van der Waals surface area contributed by atoms with Gasteiger partial charge < -0.3 is 23.7 Å². The summed E-state index contributed by atoms with van der Waals surface area (Å²) in [4.78, 5) is 0. The second-order valence-corrected chi connectivity index (χ2v) is 8.58. The first-order valence-corrected chi connectivity index (χ1v) is 13.5. The molecule has 0 bridgehead atoms. The molecule has 0 saturated heterocycles. The van der Waals surface area contributed by atoms with E-state index in [1.807, 2.05) is 0 Å². The molecule has 0 aliphatic rings. The Morgan fingerprint density at radius 2 is 1.06 bits per heavy atom. The Kier molecular flexibility index (Phi) is 21.0. The van der Waals surface area contributed by atoms with Gasteiger partial charge >= 0.3 is 0 Å². The van der Waals surface area contributed by atoms with E-state index in [4.69, 9.17) is 23.7 Å². The van der Waals surface area contributed by atoms with Gasteiger partial charge in [-0.05, 0) is 30.5 Å². The normalized spacial score (nSPS) is 11.2. The van der Waals surface area contributed by atoms with E-state index in [1.54, 1.807) is 0 Å². The van der Waals surface area contributed by atoms with Gasteiger partial charge in [0.25, 0.3) is 0 Å². The highest BCUT2D eigenvalue weighted by Gasteiger charge is 1.98. The summed E-state index contributed by atoms with van der Waals surface area (Å²) in [6, 6.07) is 8.48. The zero-order valence-corrected chi connectivity index (χ0v) is 21.6. The third-order valence-corrected chi connectivity index (χ3v) is 5.27. The number of benzene rings is 1. The van der Waals surface area contributed by atoms with Gasteiger partial charge in [0.1, 0.15) is 12.4 Å². The van der Waals surface area contributed by atoms with E-state index in [-0.39, 0.29) is 0 Å². The summed E-state index contributed by atoms with van der Waals surface area (Å²) in [6.45, 7) is 7.74. The summed E-state index contributed by atoms with van der Waals surface area (Å²) in [5, 5.41) is 0. The summed E-state index contributed by atoms with van der Waals surface area (Å²) in [7, 11) is 0. The summed E-state index contributed by atoms with van der Waals surface area (Å²) < 4.78 is 28.5. The fourth-order valence-electron chi connectivity index (χ4n) is 3.07. The molecule has 0 aliphatic carbocycles. The van der Waals surface area contributed by atoms with Gasteiger partial charge in [-0.15, -0.1) is 0 Å². The van der Waals surface area contributed by atoms with Crippen molar-refractivity contribution in [3.05, 3.63) is 29.8 Å². The lowest BCUT2D eigenvalue weighted by Gasteiger charge is -2.09. The molecule has 0 radical (unpaired) electrons. The zero-order chi connectivity index (χ0) is 22.2. The van der Waals surface area contributed by atoms with Crippen molar-refractivity contribution in [2.24, 2.45) is 0 Å². The maximum atomic E-state index is 5.74. The van der Waals surface area contributed by atoms with Crippen molar-refractivity contribution in [1.82, 2.24) is 0 Å². The third kappa shape index (κ3) is 18.8. The number of alkyl halides is 1. The van der Waals surface area contributed by atoms with Crippen molar-refractivity contribution in [2.45, 2.75) is 58.3 Å². The molecule has 1 aromatic rings. The van der Waals surface area contributed by atoms with E-state index < -0.39 is 0 Å². The molecule has 0 heterocycles. The molecular weight excluding hydrogens is 507 g/mol. The molecule has 0 aromatic heterocycles. The second kappa shape index (κ2) is 22.8. The standard InChI is InChI=1S/C25H43IO5/c1-2-3-4-5-6-7-8-9-24-10-12-25(13-11-24)31-23-22-30-21-20-29-19-18-28-17-16-27-15-14-26/h10-13H,2-9,14-23H2,1H3. The van der Waals surface area contributed by atoms with Gasteiger partial charge in [-0.1, -0.05) is 80.2 Å². The Morgan fingerprint density at radius 1 is 0.581 bits per heavy atom. The summed E-state index contributed by atoms with van der Waals surface area (Å²) in [5.74, 6) is 0.905. The maximum absolute atomic E-state index is 5.74. The van der Waals surface area contributed by atoms with Gasteiger partial charge in [-0.3, -0.25) is 0 Å². The van der Waals surface area contributed by atoms with E-state index in [1.165, 1.54) is 50.5 Å². The number of hydrogen-bond acceptors (Lipinski definition) is 5. The lowest BCUT2D eigenvalue weighted by atomic mass is 10.0. The number of halogens is 1. The van der Waals surface area contributed by atoms with Crippen molar-refractivity contribution < 1.29 is 23.7 Å². The number of ether oxygens (including phenoxy) is 5. The first-order valence-electron chi connectivity index (χ1n) is 12.0. The van der Waals surface area contributed by atoms with Crippen molar-refractivity contribution in [1.29, 1.82) is 0 Å². The van der Waals surface area contributed by atoms with Crippen molar-refractivity contribution in [3.8, 4) is 5.75 Å². The first-order chi connectivity index (χ1) is 15.4. The van der Waals surface area contributed by atoms with Gasteiger partial charge in [0.05, 0.1) is 52.9 Å². The highest BCUT2D eigenvalue weighted by molar-refractivity contribution is 14.1. The Balaban J connectivity index is 1.87. The van der Waals surface area contributed by atoms with Crippen LogP contribution >= 0.6 is 22.6 Å². The largest absolute Gasteiger partial charge is 0.491 e. The van der Waals surface area contributed by atoms with E-state index in [9.17, 15) is 0 Å². The minimum Gasteiger partial charge on any atom is -0.491 e. The van der Waals surface area contributed by atoms with Crippen LogP contribution in [0.1, 0.15) is 57.4 Å². The molecule has 0 N–H and O–H groups in total. The van der Waals surface area contributed by atoms with E-state index in [0.717, 1.165) is 23.2 Å². The summed E-state index contributed by atoms with van der Waals surface area (Å²) >= 11 is 2.29. The quantitative estimate of drug-likeness (QED) is 0.0971. The van der Waals surface area contributed by atoms with Crippen LogP contribution < -0.4 is 4.74 Å². The second-order valence-electron chi connectivity index (χ2n) is 7.50. The van der Waals surface area contributed by atoms with Crippen LogP contribution in [0.4, 0.5) is 0 Å². The van der Waals surface area contributed by atoms with E-state index in [0.29, 0.717) is 52.9 Å². The Labute approximate surface area is 203 Å². The van der Waals surface area contributed by atoms with Crippen LogP contribution in [0.5, 0.6) is 5.75 Å². The molecule has 0 atom stereocenters. The molecule has 0 fully saturated rings. The predicted octanol–water partition coefficient (Wildman–Crippen LogP) is 5.86. The molecule has 0 unspecified atom stereocenters. The molecule has 5 nitrogen and oxygen atoms in total. The van der Waals surface area contributed by atoms with E-state index >= 15 is 0 Å². The summed E-state index contributed by atoms with van der Waals surface area (Å²) in [5.41, 5.74) is 1.39. The van der Waals surface area contributed by atoms with Crippen molar-refractivity contribution in [3.63, 3.8) is 0 Å². The van der Waals surface area contributed by atoms with Crippen LogP contribution in [0.2, 0.25) is 0 Å². The monoisotopic (exact) mass is 550 g/mol. The number of hydrogen-bond donors (Lipinski definition) is 0. The van der Waals surface area contributed by atoms with Gasteiger partial charge in [-0.25, -0.2) is 0 Å². The first kappa shape index (κ1) is 28.6. The molecule has 0 spiro atoms. The molecule has 6 heteroatoms. The van der Waals surface area contributed by atoms with Crippen LogP contribution in [0.3, 0.4) is 0 Å². The fourth-order valence-corrected chi connectivity index (χ4v) is 3.38. The number of aryl methyl sites for hydroxylation is 1. The zero-order valence-electron chi connectivity index (χ0n) is 19.5. The van der Waals surface area contributed by atoms with Crippen molar-refractivity contribution >= 4 is 22.6 Å². The molecule has 0 saturated carbocycles. The smallest absolute Gasteiger partial charge is 0.119 e. The van der Waals surface area contributed by atoms with Crippen LogP contribution in [-0.2, 0) is 25.4 Å². The number of rotatable bonds is 23. The highest BCUT2D eigenvalue weighted by Crippen LogP contribution is 2.15. The molecule has 0 amide bonds. The lowest BCUT2D eigenvalue weighted by Crippen LogP contribution is -2.14. The lowest BCUT2D eigenvalue weighted by molar-refractivity contribution is -0.00308. The molecule has 1 rings (SSSR count). The minimum absolute atomic E-state index is 0.553. The highest BCUT2D eigenvalue weighted by atomic mass is 127. The average molecular weight is 551 g/mol. The van der Waals surface area contributed by atoms with Gasteiger partial charge in [0.2, 0.25) is 0 Å². The van der Waals surface area contributed by atoms with Gasteiger partial charge in [0.15, 0.2) is 0 Å². The predicted molar refractivity (Wildman–Crippen MR) is 136 cm³/mol. The van der Waals surface area contributed by atoms with Crippen LogP contribution in [-0.4, -0.2) is 63.9 Å². The van der Waals surface area contributed by atoms with Gasteiger partial charge in [0, 0.05) is 4.43 Å². The van der Waals surface area contributed by atoms with Crippen molar-refractivity contribution in [2.75, 3.05) is 63.9 Å². The van der Waals surface area contributed by atoms with Crippen LogP contribution in [0, 0.1) is 0 Å².